The number of rotatable bonds is 1. The summed E-state index contributed by atoms with van der Waals surface area (Å²) < 4.78 is 12.4. The first-order chi connectivity index (χ1) is 5.11. The van der Waals surface area contributed by atoms with Gasteiger partial charge >= 0.3 is 0 Å². The molecule has 3 heteroatoms. The average Bonchev–Trinajstić information content (AvgIpc) is 1.85. The van der Waals surface area contributed by atoms with Crippen LogP contribution in [0.25, 0.3) is 0 Å². The van der Waals surface area contributed by atoms with E-state index >= 15 is 0 Å². The molecular weight excluding hydrogens is 157 g/mol. The molecule has 66 valence electrons. The highest BCUT2D eigenvalue weighted by Crippen LogP contribution is 2.17. The zero-order valence-electron chi connectivity index (χ0n) is 6.06. The number of nitrogens with one attached hydrogen (secondary N) is 1. The number of halogens is 1. The van der Waals surface area contributed by atoms with Gasteiger partial charge in [-0.2, -0.15) is 0 Å². The van der Waals surface area contributed by atoms with Crippen LogP contribution in [-0.4, -0.2) is 10.8 Å². The van der Waals surface area contributed by atoms with E-state index in [4.69, 9.17) is 10.5 Å². The molecule has 0 amide bonds. The second kappa shape index (κ2) is 3.85. The van der Waals surface area contributed by atoms with Crippen molar-refractivity contribution in [2.45, 2.75) is 14.4 Å². The molecule has 0 aromatic heterocycles. The van der Waals surface area contributed by atoms with E-state index in [1.54, 1.807) is 0 Å². The first kappa shape index (κ1) is 10.6. The third-order valence-corrected chi connectivity index (χ3v) is 1.36. The van der Waals surface area contributed by atoms with Crippen molar-refractivity contribution < 1.29 is 9.50 Å². The van der Waals surface area contributed by atoms with Gasteiger partial charge in [0.1, 0.15) is 11.6 Å². The molecule has 0 atom stereocenters. The van der Waals surface area contributed by atoms with E-state index in [-0.39, 0.29) is 18.9 Å². The fourth-order valence-corrected chi connectivity index (χ4v) is 0.822. The van der Waals surface area contributed by atoms with E-state index in [9.17, 15) is 4.39 Å². The highest BCUT2D eigenvalue weighted by atomic mass is 19.1. The molecule has 1 aromatic rings. The Balaban J connectivity index is 0.00000121. The summed E-state index contributed by atoms with van der Waals surface area (Å²) in [4.78, 5) is 0. The monoisotopic (exact) mass is 169 g/mol. The number of hydrogen-bond acceptors (Lipinski definition) is 2. The topological polar surface area (TPSA) is 44.1 Å². The zero-order chi connectivity index (χ0) is 8.43. The van der Waals surface area contributed by atoms with Crippen molar-refractivity contribution in [1.29, 1.82) is 5.41 Å². The smallest absolute Gasteiger partial charge is 0.127 e. The summed E-state index contributed by atoms with van der Waals surface area (Å²) in [5.41, 5.74) is 0.592. The molecule has 1 aromatic carbocycles. The first-order valence-corrected chi connectivity index (χ1v) is 3.15. The second-order valence-corrected chi connectivity index (χ2v) is 2.29. The molecule has 0 fully saturated rings. The maximum atomic E-state index is 12.4. The Labute approximate surface area is 71.2 Å². The maximum Gasteiger partial charge on any atom is 0.127 e. The SMILES string of the molecule is C.CC(=N)c1ccc(F)cc1O. The number of phenolic OH excluding ortho intramolecular Hbond substituents is 1. The van der Waals surface area contributed by atoms with E-state index in [1.165, 1.54) is 19.1 Å². The van der Waals surface area contributed by atoms with Gasteiger partial charge in [-0.05, 0) is 19.1 Å². The van der Waals surface area contributed by atoms with E-state index in [1.807, 2.05) is 0 Å². The van der Waals surface area contributed by atoms with Gasteiger partial charge in [0.2, 0.25) is 0 Å². The summed E-state index contributed by atoms with van der Waals surface area (Å²) >= 11 is 0. The van der Waals surface area contributed by atoms with E-state index in [0.29, 0.717) is 5.56 Å². The van der Waals surface area contributed by atoms with Crippen LogP contribution in [-0.2, 0) is 0 Å². The molecule has 0 spiro atoms. The third kappa shape index (κ3) is 2.05. The van der Waals surface area contributed by atoms with Crippen molar-refractivity contribution in [3.05, 3.63) is 29.6 Å². The van der Waals surface area contributed by atoms with Crippen molar-refractivity contribution in [3.63, 3.8) is 0 Å². The lowest BCUT2D eigenvalue weighted by atomic mass is 10.1. The van der Waals surface area contributed by atoms with Crippen LogP contribution in [0.15, 0.2) is 18.2 Å². The molecule has 0 saturated heterocycles. The van der Waals surface area contributed by atoms with Crippen LogP contribution in [0.1, 0.15) is 19.9 Å². The number of phenols is 1. The number of aromatic hydroxyl groups is 1. The van der Waals surface area contributed by atoms with Gasteiger partial charge in [0.15, 0.2) is 0 Å². The lowest BCUT2D eigenvalue weighted by molar-refractivity contribution is 0.468. The molecule has 0 radical (unpaired) electrons. The van der Waals surface area contributed by atoms with E-state index < -0.39 is 5.82 Å². The van der Waals surface area contributed by atoms with Crippen molar-refractivity contribution in [2.75, 3.05) is 0 Å². The Bertz CT molecular complexity index is 297. The van der Waals surface area contributed by atoms with Gasteiger partial charge in [-0.3, -0.25) is 0 Å². The Morgan fingerprint density at radius 1 is 1.50 bits per heavy atom. The van der Waals surface area contributed by atoms with Gasteiger partial charge < -0.3 is 10.5 Å². The quantitative estimate of drug-likeness (QED) is 0.623. The minimum atomic E-state index is -0.493. The minimum absolute atomic E-state index is 0. The Hall–Kier alpha value is -1.38. The van der Waals surface area contributed by atoms with Crippen LogP contribution < -0.4 is 0 Å². The highest BCUT2D eigenvalue weighted by molar-refractivity contribution is 5.98. The molecule has 2 nitrogen and oxygen atoms in total. The first-order valence-electron chi connectivity index (χ1n) is 3.15. The molecule has 0 heterocycles. The number of hydrogen-bond donors (Lipinski definition) is 2. The summed E-state index contributed by atoms with van der Waals surface area (Å²) in [7, 11) is 0. The Morgan fingerprint density at radius 2 is 2.08 bits per heavy atom. The van der Waals surface area contributed by atoms with Gasteiger partial charge in [0, 0.05) is 17.3 Å². The molecule has 0 aliphatic heterocycles. The normalized spacial score (nSPS) is 8.83. The van der Waals surface area contributed by atoms with Gasteiger partial charge in [0.05, 0.1) is 0 Å². The second-order valence-electron chi connectivity index (χ2n) is 2.29. The van der Waals surface area contributed by atoms with Crippen LogP contribution in [0, 0.1) is 11.2 Å². The van der Waals surface area contributed by atoms with Gasteiger partial charge in [-0.15, -0.1) is 0 Å². The van der Waals surface area contributed by atoms with Crippen LogP contribution in [0.3, 0.4) is 0 Å². The van der Waals surface area contributed by atoms with Crippen LogP contribution >= 0.6 is 0 Å². The van der Waals surface area contributed by atoms with Crippen molar-refractivity contribution in [1.82, 2.24) is 0 Å². The lowest BCUT2D eigenvalue weighted by Crippen LogP contribution is -1.92. The van der Waals surface area contributed by atoms with Gasteiger partial charge in [0.25, 0.3) is 0 Å². The molecule has 2 N–H and O–H groups in total. The van der Waals surface area contributed by atoms with Crippen LogP contribution in [0.2, 0.25) is 0 Å². The molecule has 12 heavy (non-hydrogen) atoms. The predicted octanol–water partition coefficient (Wildman–Crippen LogP) is 2.56. The zero-order valence-corrected chi connectivity index (χ0v) is 6.06. The Morgan fingerprint density at radius 3 is 2.50 bits per heavy atom. The largest absolute Gasteiger partial charge is 0.507 e. The third-order valence-electron chi connectivity index (χ3n) is 1.36. The highest BCUT2D eigenvalue weighted by Gasteiger charge is 2.02. The predicted molar refractivity (Wildman–Crippen MR) is 47.3 cm³/mol. The standard InChI is InChI=1S/C8H8FNO.CH4/c1-5(10)7-3-2-6(9)4-8(7)11;/h2-4,10-11H,1H3;1H4. The molecule has 0 bridgehead atoms. The van der Waals surface area contributed by atoms with Crippen LogP contribution in [0.4, 0.5) is 4.39 Å². The van der Waals surface area contributed by atoms with Crippen molar-refractivity contribution in [2.24, 2.45) is 0 Å². The molecule has 0 aliphatic rings. The fourth-order valence-electron chi connectivity index (χ4n) is 0.822. The summed E-state index contributed by atoms with van der Waals surface area (Å²) in [6, 6.07) is 3.59. The summed E-state index contributed by atoms with van der Waals surface area (Å²) in [5.74, 6) is -0.676. The fraction of sp³-hybridized carbons (Fsp3) is 0.222. The van der Waals surface area contributed by atoms with Crippen molar-refractivity contribution in [3.8, 4) is 5.75 Å². The molecule has 1 rings (SSSR count). The number of benzene rings is 1. The van der Waals surface area contributed by atoms with Gasteiger partial charge in [-0.25, -0.2) is 4.39 Å². The molecule has 0 unspecified atom stereocenters. The molecule has 0 aliphatic carbocycles. The van der Waals surface area contributed by atoms with E-state index in [0.717, 1.165) is 6.07 Å². The molecule has 0 saturated carbocycles. The van der Waals surface area contributed by atoms with E-state index in [2.05, 4.69) is 0 Å². The summed E-state index contributed by atoms with van der Waals surface area (Å²) in [6.45, 7) is 1.53. The average molecular weight is 169 g/mol. The van der Waals surface area contributed by atoms with Crippen molar-refractivity contribution >= 4 is 5.71 Å². The van der Waals surface area contributed by atoms with Crippen LogP contribution in [0.5, 0.6) is 5.75 Å². The van der Waals surface area contributed by atoms with Gasteiger partial charge in [-0.1, -0.05) is 7.43 Å². The summed E-state index contributed by atoms with van der Waals surface area (Å²) in [5, 5.41) is 16.2. The minimum Gasteiger partial charge on any atom is -0.507 e. The molecular formula is C9H12FNO. The summed E-state index contributed by atoms with van der Waals surface area (Å²) in [6.07, 6.45) is 0. The Kier molecular flexibility index (Phi) is 3.41. The maximum absolute atomic E-state index is 12.4. The lowest BCUT2D eigenvalue weighted by Gasteiger charge is -2.00.